The van der Waals surface area contributed by atoms with E-state index in [1.807, 2.05) is 20.9 Å². The third-order valence-electron chi connectivity index (χ3n) is 2.76. The second-order valence-electron chi connectivity index (χ2n) is 3.80. The van der Waals surface area contributed by atoms with Gasteiger partial charge >= 0.3 is 0 Å². The number of rotatable bonds is 2. The van der Waals surface area contributed by atoms with Crippen LogP contribution in [-0.2, 0) is 13.5 Å². The van der Waals surface area contributed by atoms with E-state index in [9.17, 15) is 4.79 Å². The second-order valence-corrected chi connectivity index (χ2v) is 4.59. The van der Waals surface area contributed by atoms with E-state index < -0.39 is 0 Å². The van der Waals surface area contributed by atoms with E-state index in [0.717, 1.165) is 17.0 Å². The molecule has 0 aliphatic carbocycles. The molecule has 90 valence electrons. The maximum atomic E-state index is 11.7. The van der Waals surface area contributed by atoms with E-state index in [-0.39, 0.29) is 5.56 Å². The molecule has 0 aromatic carbocycles. The summed E-state index contributed by atoms with van der Waals surface area (Å²) in [6.45, 7) is 3.91. The molecule has 2 aromatic rings. The Morgan fingerprint density at radius 3 is 2.76 bits per heavy atom. The van der Waals surface area contributed by atoms with Gasteiger partial charge in [-0.15, -0.1) is 0 Å². The van der Waals surface area contributed by atoms with Crippen LogP contribution in [0.3, 0.4) is 0 Å². The molecule has 0 unspecified atom stereocenters. The minimum Gasteiger partial charge on any atom is -0.305 e. The summed E-state index contributed by atoms with van der Waals surface area (Å²) in [6.07, 6.45) is 2.41. The van der Waals surface area contributed by atoms with Gasteiger partial charge in [0.2, 0.25) is 0 Å². The van der Waals surface area contributed by atoms with Crippen molar-refractivity contribution in [3.8, 4) is 11.4 Å². The number of nitrogens with one attached hydrogen (secondary N) is 1. The van der Waals surface area contributed by atoms with Crippen LogP contribution in [0.5, 0.6) is 0 Å². The summed E-state index contributed by atoms with van der Waals surface area (Å²) in [5.74, 6) is 0.570. The summed E-state index contributed by atoms with van der Waals surface area (Å²) in [5.41, 5.74) is 2.42. The average molecular weight is 297 g/mol. The lowest BCUT2D eigenvalue weighted by Crippen LogP contribution is -2.13. The maximum absolute atomic E-state index is 11.7. The molecule has 0 bridgehead atoms. The number of hydrogen-bond donors (Lipinski definition) is 1. The quantitative estimate of drug-likeness (QED) is 0.919. The largest absolute Gasteiger partial charge is 0.305 e. The molecule has 5 nitrogen and oxygen atoms in total. The number of aryl methyl sites for hydroxylation is 2. The first-order valence-electron chi connectivity index (χ1n) is 5.32. The van der Waals surface area contributed by atoms with Crippen LogP contribution in [0.2, 0.25) is 0 Å². The van der Waals surface area contributed by atoms with Gasteiger partial charge in [0.05, 0.1) is 17.5 Å². The highest BCUT2D eigenvalue weighted by molar-refractivity contribution is 9.10. The number of aromatic nitrogens is 4. The predicted octanol–water partition coefficient (Wildman–Crippen LogP) is 1.80. The smallest absolute Gasteiger partial charge is 0.265 e. The van der Waals surface area contributed by atoms with Crippen LogP contribution < -0.4 is 5.56 Å². The minimum atomic E-state index is -0.157. The summed E-state index contributed by atoms with van der Waals surface area (Å²) in [7, 11) is 1.86. The molecule has 2 rings (SSSR count). The first-order chi connectivity index (χ1) is 8.04. The average Bonchev–Trinajstić information content (AvgIpc) is 2.64. The molecular weight excluding hydrogens is 284 g/mol. The van der Waals surface area contributed by atoms with Crippen molar-refractivity contribution in [2.45, 2.75) is 20.3 Å². The Hall–Kier alpha value is -1.43. The van der Waals surface area contributed by atoms with E-state index in [1.165, 1.54) is 0 Å². The molecule has 0 aliphatic rings. The maximum Gasteiger partial charge on any atom is 0.265 e. The summed E-state index contributed by atoms with van der Waals surface area (Å²) in [6, 6.07) is 0. The summed E-state index contributed by atoms with van der Waals surface area (Å²) < 4.78 is 2.26. The SMILES string of the molecule is CCc1nc(-c2cnn(C)c2C)[nH]c(=O)c1Br. The van der Waals surface area contributed by atoms with Crippen LogP contribution in [0, 0.1) is 6.92 Å². The number of hydrogen-bond acceptors (Lipinski definition) is 3. The molecule has 0 radical (unpaired) electrons. The molecular formula is C11H13BrN4O. The fraction of sp³-hybridized carbons (Fsp3) is 0.364. The third-order valence-corrected chi connectivity index (χ3v) is 3.57. The molecule has 0 atom stereocenters. The van der Waals surface area contributed by atoms with Gasteiger partial charge < -0.3 is 4.98 Å². The molecule has 0 saturated carbocycles. The standard InChI is InChI=1S/C11H13BrN4O/c1-4-8-9(12)11(17)15-10(14-8)7-5-13-16(3)6(7)2/h5H,4H2,1-3H3,(H,14,15,17). The van der Waals surface area contributed by atoms with Gasteiger partial charge in [0, 0.05) is 12.7 Å². The van der Waals surface area contributed by atoms with Crippen LogP contribution in [-0.4, -0.2) is 19.7 Å². The van der Waals surface area contributed by atoms with E-state index in [4.69, 9.17) is 0 Å². The Bertz CT molecular complexity index is 614. The van der Waals surface area contributed by atoms with Crippen molar-refractivity contribution in [1.29, 1.82) is 0 Å². The Morgan fingerprint density at radius 1 is 1.53 bits per heavy atom. The van der Waals surface area contributed by atoms with Gasteiger partial charge in [0.25, 0.3) is 5.56 Å². The predicted molar refractivity (Wildman–Crippen MR) is 68.9 cm³/mol. The van der Waals surface area contributed by atoms with Crippen molar-refractivity contribution in [1.82, 2.24) is 19.7 Å². The highest BCUT2D eigenvalue weighted by Gasteiger charge is 2.12. The topological polar surface area (TPSA) is 63.6 Å². The monoisotopic (exact) mass is 296 g/mol. The van der Waals surface area contributed by atoms with Gasteiger partial charge in [-0.3, -0.25) is 9.48 Å². The van der Waals surface area contributed by atoms with Crippen molar-refractivity contribution in [3.05, 3.63) is 32.4 Å². The van der Waals surface area contributed by atoms with Crippen molar-refractivity contribution in [2.24, 2.45) is 7.05 Å². The van der Waals surface area contributed by atoms with Crippen molar-refractivity contribution in [3.63, 3.8) is 0 Å². The molecule has 0 saturated heterocycles. The van der Waals surface area contributed by atoms with Gasteiger partial charge in [-0.2, -0.15) is 5.10 Å². The zero-order valence-electron chi connectivity index (χ0n) is 9.91. The number of nitrogens with zero attached hydrogens (tertiary/aromatic N) is 3. The van der Waals surface area contributed by atoms with E-state index >= 15 is 0 Å². The Morgan fingerprint density at radius 2 is 2.24 bits per heavy atom. The lowest BCUT2D eigenvalue weighted by Gasteiger charge is -2.04. The number of aromatic amines is 1. The van der Waals surface area contributed by atoms with Crippen LogP contribution in [0.15, 0.2) is 15.5 Å². The molecule has 0 fully saturated rings. The van der Waals surface area contributed by atoms with Crippen LogP contribution in [0.25, 0.3) is 11.4 Å². The first-order valence-corrected chi connectivity index (χ1v) is 6.11. The Labute approximate surface area is 107 Å². The van der Waals surface area contributed by atoms with Crippen molar-refractivity contribution < 1.29 is 0 Å². The summed E-state index contributed by atoms with van der Waals surface area (Å²) in [5, 5.41) is 4.14. The minimum absolute atomic E-state index is 0.157. The number of halogens is 1. The molecule has 6 heteroatoms. The summed E-state index contributed by atoms with van der Waals surface area (Å²) in [4.78, 5) is 18.9. The fourth-order valence-electron chi connectivity index (χ4n) is 1.60. The lowest BCUT2D eigenvalue weighted by molar-refractivity contribution is 0.740. The van der Waals surface area contributed by atoms with Crippen molar-refractivity contribution >= 4 is 15.9 Å². The first kappa shape index (κ1) is 12.0. The molecule has 2 heterocycles. The van der Waals surface area contributed by atoms with E-state index in [0.29, 0.717) is 16.7 Å². The van der Waals surface area contributed by atoms with E-state index in [2.05, 4.69) is 31.0 Å². The third kappa shape index (κ3) is 2.04. The Balaban J connectivity index is 2.65. The van der Waals surface area contributed by atoms with Crippen molar-refractivity contribution in [2.75, 3.05) is 0 Å². The van der Waals surface area contributed by atoms with Crippen LogP contribution in [0.1, 0.15) is 18.3 Å². The number of H-pyrrole nitrogens is 1. The Kier molecular flexibility index (Phi) is 3.15. The highest BCUT2D eigenvalue weighted by atomic mass is 79.9. The molecule has 1 N–H and O–H groups in total. The van der Waals surface area contributed by atoms with Crippen LogP contribution >= 0.6 is 15.9 Å². The molecule has 0 aliphatic heterocycles. The molecule has 0 spiro atoms. The lowest BCUT2D eigenvalue weighted by atomic mass is 10.2. The zero-order chi connectivity index (χ0) is 12.6. The zero-order valence-corrected chi connectivity index (χ0v) is 11.5. The molecule has 0 amide bonds. The van der Waals surface area contributed by atoms with Gasteiger partial charge in [-0.25, -0.2) is 4.98 Å². The molecule has 2 aromatic heterocycles. The van der Waals surface area contributed by atoms with Crippen LogP contribution in [0.4, 0.5) is 0 Å². The van der Waals surface area contributed by atoms with Gasteiger partial charge in [0.1, 0.15) is 10.3 Å². The van der Waals surface area contributed by atoms with Gasteiger partial charge in [-0.05, 0) is 29.3 Å². The highest BCUT2D eigenvalue weighted by Crippen LogP contribution is 2.19. The fourth-order valence-corrected chi connectivity index (χ4v) is 2.07. The molecule has 17 heavy (non-hydrogen) atoms. The normalized spacial score (nSPS) is 10.8. The van der Waals surface area contributed by atoms with Gasteiger partial charge in [0.15, 0.2) is 0 Å². The summed E-state index contributed by atoms with van der Waals surface area (Å²) >= 11 is 3.24. The van der Waals surface area contributed by atoms with E-state index in [1.54, 1.807) is 10.9 Å². The second kappa shape index (κ2) is 4.44. The van der Waals surface area contributed by atoms with Gasteiger partial charge in [-0.1, -0.05) is 6.92 Å².